The Morgan fingerprint density at radius 3 is 2.47 bits per heavy atom. The van der Waals surface area contributed by atoms with E-state index in [1.54, 1.807) is 38.1 Å². The van der Waals surface area contributed by atoms with Gasteiger partial charge in [-0.1, -0.05) is 12.1 Å². The molecule has 0 atom stereocenters. The molecule has 11 heteroatoms. The Hall–Kier alpha value is -3.28. The third-order valence-electron chi connectivity index (χ3n) is 6.23. The van der Waals surface area contributed by atoms with Crippen LogP contribution >= 0.6 is 11.3 Å². The summed E-state index contributed by atoms with van der Waals surface area (Å²) in [5, 5.41) is 7.85. The number of nitrogens with one attached hydrogen (secondary N) is 2. The van der Waals surface area contributed by atoms with E-state index in [1.165, 1.54) is 11.3 Å². The Balaban J connectivity index is 1.41. The third-order valence-corrected chi connectivity index (χ3v) is 9.35. The van der Waals surface area contributed by atoms with Crippen molar-refractivity contribution >= 4 is 60.3 Å². The molecular formula is C25H29N7O2S2. The van der Waals surface area contributed by atoms with Crippen molar-refractivity contribution in [3.05, 3.63) is 54.0 Å². The fourth-order valence-corrected chi connectivity index (χ4v) is 6.01. The summed E-state index contributed by atoms with van der Waals surface area (Å²) < 4.78 is 26.7. The van der Waals surface area contributed by atoms with E-state index in [9.17, 15) is 8.42 Å². The molecule has 1 aliphatic rings. The van der Waals surface area contributed by atoms with Crippen LogP contribution in [0.25, 0.3) is 10.2 Å². The predicted octanol–water partition coefficient (Wildman–Crippen LogP) is 4.51. The van der Waals surface area contributed by atoms with Gasteiger partial charge in [-0.3, -0.25) is 0 Å². The Morgan fingerprint density at radius 2 is 1.75 bits per heavy atom. The van der Waals surface area contributed by atoms with Gasteiger partial charge in [0.15, 0.2) is 15.7 Å². The number of pyridine rings is 1. The highest BCUT2D eigenvalue weighted by atomic mass is 32.2. The van der Waals surface area contributed by atoms with Crippen LogP contribution in [0.15, 0.2) is 58.9 Å². The number of piperazine rings is 1. The minimum Gasteiger partial charge on any atom is -0.368 e. The number of para-hydroxylation sites is 1. The lowest BCUT2D eigenvalue weighted by Crippen LogP contribution is -2.44. The van der Waals surface area contributed by atoms with Crippen molar-refractivity contribution in [2.24, 2.45) is 0 Å². The monoisotopic (exact) mass is 523 g/mol. The van der Waals surface area contributed by atoms with Gasteiger partial charge in [0.2, 0.25) is 5.95 Å². The van der Waals surface area contributed by atoms with Gasteiger partial charge in [-0.2, -0.15) is 4.98 Å². The highest BCUT2D eigenvalue weighted by molar-refractivity contribution is 7.92. The molecule has 9 nitrogen and oxygen atoms in total. The van der Waals surface area contributed by atoms with Crippen LogP contribution in [-0.4, -0.2) is 66.7 Å². The van der Waals surface area contributed by atoms with Gasteiger partial charge in [0.25, 0.3) is 0 Å². The Kier molecular flexibility index (Phi) is 6.78. The van der Waals surface area contributed by atoms with Crippen molar-refractivity contribution in [1.29, 1.82) is 0 Å². The van der Waals surface area contributed by atoms with Crippen LogP contribution in [0.4, 0.5) is 29.0 Å². The van der Waals surface area contributed by atoms with Gasteiger partial charge in [0, 0.05) is 26.2 Å². The third kappa shape index (κ3) is 4.99. The van der Waals surface area contributed by atoms with E-state index in [4.69, 9.17) is 0 Å². The van der Waals surface area contributed by atoms with Gasteiger partial charge in [0.1, 0.15) is 5.82 Å². The molecule has 2 N–H and O–H groups in total. The molecule has 0 bridgehead atoms. The molecule has 0 unspecified atom stereocenters. The van der Waals surface area contributed by atoms with E-state index in [0.29, 0.717) is 23.3 Å². The number of benzene rings is 1. The molecule has 0 spiro atoms. The number of likely N-dealkylation sites (N-methyl/N-ethyl adjacent to an activating group) is 1. The normalized spacial score (nSPS) is 14.9. The largest absolute Gasteiger partial charge is 0.368 e. The standard InChI is InChI=1S/C25H29N7O2S2/c1-17(2)36(33,34)21-7-5-4-6-19(21)27-24-23-20(10-15-35-23)28-25(30-24)29-22-9-8-18(16-26-22)32-13-11-31(3)12-14-32/h4-10,15-17H,11-14H2,1-3H3,(H2,26,27,28,29,30). The van der Waals surface area contributed by atoms with Crippen molar-refractivity contribution in [2.75, 3.05) is 48.8 Å². The fourth-order valence-electron chi connectivity index (χ4n) is 4.03. The zero-order valence-electron chi connectivity index (χ0n) is 20.5. The van der Waals surface area contributed by atoms with Crippen molar-refractivity contribution < 1.29 is 8.42 Å². The zero-order valence-corrected chi connectivity index (χ0v) is 22.1. The van der Waals surface area contributed by atoms with Gasteiger partial charge >= 0.3 is 0 Å². The highest BCUT2D eigenvalue weighted by Crippen LogP contribution is 2.33. The lowest BCUT2D eigenvalue weighted by Gasteiger charge is -2.33. The Bertz CT molecular complexity index is 1460. The summed E-state index contributed by atoms with van der Waals surface area (Å²) in [6, 6.07) is 12.8. The molecule has 188 valence electrons. The van der Waals surface area contributed by atoms with Crippen LogP contribution in [0.3, 0.4) is 0 Å². The molecule has 1 aliphatic heterocycles. The molecule has 1 aromatic carbocycles. The number of hydrogen-bond donors (Lipinski definition) is 2. The van der Waals surface area contributed by atoms with E-state index < -0.39 is 15.1 Å². The molecule has 5 rings (SSSR count). The lowest BCUT2D eigenvalue weighted by atomic mass is 10.3. The first-order chi connectivity index (χ1) is 17.3. The van der Waals surface area contributed by atoms with Gasteiger partial charge in [-0.05, 0) is 56.6 Å². The average molecular weight is 524 g/mol. The number of sulfone groups is 1. The minimum absolute atomic E-state index is 0.249. The van der Waals surface area contributed by atoms with Crippen LogP contribution in [-0.2, 0) is 9.84 Å². The van der Waals surface area contributed by atoms with Gasteiger partial charge in [-0.15, -0.1) is 11.3 Å². The Morgan fingerprint density at radius 1 is 0.972 bits per heavy atom. The number of thiophene rings is 1. The second kappa shape index (κ2) is 10.00. The summed E-state index contributed by atoms with van der Waals surface area (Å²) in [4.78, 5) is 18.8. The van der Waals surface area contributed by atoms with Crippen molar-refractivity contribution in [2.45, 2.75) is 24.0 Å². The van der Waals surface area contributed by atoms with Crippen molar-refractivity contribution in [1.82, 2.24) is 19.9 Å². The molecular weight excluding hydrogens is 494 g/mol. The molecule has 0 aliphatic carbocycles. The topological polar surface area (TPSA) is 103 Å². The van der Waals surface area contributed by atoms with E-state index in [2.05, 4.69) is 48.5 Å². The van der Waals surface area contributed by atoms with E-state index >= 15 is 0 Å². The number of fused-ring (bicyclic) bond motifs is 1. The molecule has 1 saturated heterocycles. The van der Waals surface area contributed by atoms with E-state index in [0.717, 1.165) is 42.1 Å². The maximum absolute atomic E-state index is 12.9. The van der Waals surface area contributed by atoms with Crippen LogP contribution in [0.5, 0.6) is 0 Å². The first-order valence-corrected chi connectivity index (χ1v) is 14.3. The summed E-state index contributed by atoms with van der Waals surface area (Å²) in [6.45, 7) is 7.38. The number of anilines is 5. The number of nitrogens with zero attached hydrogens (tertiary/aromatic N) is 5. The molecule has 4 aromatic rings. The Labute approximate surface area is 215 Å². The maximum Gasteiger partial charge on any atom is 0.231 e. The van der Waals surface area contributed by atoms with Crippen LogP contribution in [0.2, 0.25) is 0 Å². The van der Waals surface area contributed by atoms with Crippen LogP contribution < -0.4 is 15.5 Å². The van der Waals surface area contributed by atoms with Crippen molar-refractivity contribution in [3.8, 4) is 0 Å². The molecule has 36 heavy (non-hydrogen) atoms. The van der Waals surface area contributed by atoms with Gasteiger partial charge in [-0.25, -0.2) is 18.4 Å². The first kappa shape index (κ1) is 24.4. The lowest BCUT2D eigenvalue weighted by molar-refractivity contribution is 0.313. The molecule has 3 aromatic heterocycles. The summed E-state index contributed by atoms with van der Waals surface area (Å²) in [5.74, 6) is 1.56. The number of aromatic nitrogens is 3. The van der Waals surface area contributed by atoms with Crippen LogP contribution in [0.1, 0.15) is 13.8 Å². The van der Waals surface area contributed by atoms with E-state index in [1.807, 2.05) is 23.7 Å². The maximum atomic E-state index is 12.9. The first-order valence-electron chi connectivity index (χ1n) is 11.8. The zero-order chi connectivity index (χ0) is 25.3. The number of hydrogen-bond acceptors (Lipinski definition) is 10. The molecule has 0 saturated carbocycles. The summed E-state index contributed by atoms with van der Waals surface area (Å²) in [7, 11) is -1.34. The van der Waals surface area contributed by atoms with Crippen molar-refractivity contribution in [3.63, 3.8) is 0 Å². The van der Waals surface area contributed by atoms with Crippen LogP contribution in [0, 0.1) is 0 Å². The smallest absolute Gasteiger partial charge is 0.231 e. The predicted molar refractivity (Wildman–Crippen MR) is 147 cm³/mol. The second-order valence-corrected chi connectivity index (χ2v) is 12.5. The van der Waals surface area contributed by atoms with Gasteiger partial charge in [0.05, 0.1) is 37.9 Å². The molecule has 0 radical (unpaired) electrons. The second-order valence-electron chi connectivity index (χ2n) is 9.06. The number of rotatable bonds is 7. The fraction of sp³-hybridized carbons (Fsp3) is 0.320. The minimum atomic E-state index is -3.48. The quantitative estimate of drug-likeness (QED) is 0.362. The summed E-state index contributed by atoms with van der Waals surface area (Å²) in [6.07, 6.45) is 1.86. The van der Waals surface area contributed by atoms with E-state index in [-0.39, 0.29) is 4.90 Å². The highest BCUT2D eigenvalue weighted by Gasteiger charge is 2.23. The average Bonchev–Trinajstić information content (AvgIpc) is 3.34. The molecule has 1 fully saturated rings. The summed E-state index contributed by atoms with van der Waals surface area (Å²) >= 11 is 1.50. The SMILES string of the molecule is CC(C)S(=O)(=O)c1ccccc1Nc1nc(Nc2ccc(N3CCN(C)CC3)cn2)nc2ccsc12. The summed E-state index contributed by atoms with van der Waals surface area (Å²) in [5.41, 5.74) is 2.34. The van der Waals surface area contributed by atoms with Gasteiger partial charge < -0.3 is 20.4 Å². The molecule has 0 amide bonds. The molecule has 4 heterocycles.